The molecule has 0 saturated carbocycles. The average molecular weight is 214 g/mol. The van der Waals surface area contributed by atoms with E-state index in [1.165, 1.54) is 12.8 Å². The first-order chi connectivity index (χ1) is 7.15. The molecular formula is C12H26N2O. The van der Waals surface area contributed by atoms with Gasteiger partial charge in [-0.15, -0.1) is 0 Å². The van der Waals surface area contributed by atoms with E-state index in [-0.39, 0.29) is 5.54 Å². The molecule has 2 atom stereocenters. The molecule has 1 saturated heterocycles. The zero-order valence-electron chi connectivity index (χ0n) is 10.5. The zero-order chi connectivity index (χ0) is 11.3. The Bertz CT molecular complexity index is 180. The van der Waals surface area contributed by atoms with E-state index in [1.54, 1.807) is 0 Å². The molecule has 3 nitrogen and oxygen atoms in total. The Hall–Kier alpha value is -0.120. The van der Waals surface area contributed by atoms with Crippen LogP contribution < -0.4 is 5.73 Å². The predicted molar refractivity (Wildman–Crippen MR) is 63.9 cm³/mol. The highest BCUT2D eigenvalue weighted by molar-refractivity contribution is 4.94. The summed E-state index contributed by atoms with van der Waals surface area (Å²) in [5.41, 5.74) is 6.08. The average Bonchev–Trinajstić information content (AvgIpc) is 2.78. The maximum Gasteiger partial charge on any atom is 0.0513 e. The van der Waals surface area contributed by atoms with Crippen LogP contribution in [-0.4, -0.2) is 43.8 Å². The second kappa shape index (κ2) is 5.83. The van der Waals surface area contributed by atoms with Crippen molar-refractivity contribution in [1.29, 1.82) is 0 Å². The third-order valence-electron chi connectivity index (χ3n) is 3.94. The summed E-state index contributed by atoms with van der Waals surface area (Å²) >= 11 is 0. The van der Waals surface area contributed by atoms with E-state index in [0.29, 0.717) is 5.92 Å². The molecule has 0 spiro atoms. The smallest absolute Gasteiger partial charge is 0.0513 e. The monoisotopic (exact) mass is 214 g/mol. The van der Waals surface area contributed by atoms with Gasteiger partial charge in [-0.2, -0.15) is 0 Å². The van der Waals surface area contributed by atoms with Gasteiger partial charge in [0.2, 0.25) is 0 Å². The van der Waals surface area contributed by atoms with Crippen LogP contribution in [0.5, 0.6) is 0 Å². The second-order valence-corrected chi connectivity index (χ2v) is 4.90. The summed E-state index contributed by atoms with van der Waals surface area (Å²) in [7, 11) is 2.20. The molecule has 0 aliphatic carbocycles. The van der Waals surface area contributed by atoms with Crippen LogP contribution in [0.15, 0.2) is 0 Å². The van der Waals surface area contributed by atoms with E-state index in [0.717, 1.165) is 32.7 Å². The van der Waals surface area contributed by atoms with E-state index in [2.05, 4.69) is 25.8 Å². The molecule has 15 heavy (non-hydrogen) atoms. The number of nitrogens with zero attached hydrogens (tertiary/aromatic N) is 1. The highest BCUT2D eigenvalue weighted by atomic mass is 16.5. The number of rotatable bonds is 6. The highest BCUT2D eigenvalue weighted by Crippen LogP contribution is 2.29. The van der Waals surface area contributed by atoms with Crippen LogP contribution in [0, 0.1) is 5.92 Å². The summed E-state index contributed by atoms with van der Waals surface area (Å²) in [5.74, 6) is 0.601. The minimum Gasteiger partial charge on any atom is -0.381 e. The van der Waals surface area contributed by atoms with Crippen LogP contribution in [-0.2, 0) is 4.74 Å². The molecule has 0 aromatic rings. The summed E-state index contributed by atoms with van der Waals surface area (Å²) in [5, 5.41) is 0. The molecule has 1 fully saturated rings. The van der Waals surface area contributed by atoms with Gasteiger partial charge in [-0.1, -0.05) is 13.3 Å². The van der Waals surface area contributed by atoms with Crippen LogP contribution >= 0.6 is 0 Å². The van der Waals surface area contributed by atoms with Gasteiger partial charge in [-0.3, -0.25) is 4.90 Å². The van der Waals surface area contributed by atoms with Crippen LogP contribution in [0.1, 0.15) is 33.1 Å². The van der Waals surface area contributed by atoms with Crippen molar-refractivity contribution in [1.82, 2.24) is 4.90 Å². The Morgan fingerprint density at radius 1 is 1.53 bits per heavy atom. The van der Waals surface area contributed by atoms with E-state index in [1.807, 2.05) is 0 Å². The minimum absolute atomic E-state index is 0.117. The van der Waals surface area contributed by atoms with Crippen molar-refractivity contribution in [3.63, 3.8) is 0 Å². The predicted octanol–water partition coefficient (Wildman–Crippen LogP) is 1.47. The molecular weight excluding hydrogens is 188 g/mol. The molecule has 2 N–H and O–H groups in total. The SMILES string of the molecule is CCCCN(C)C(C)(CN)C1CCOC1. The van der Waals surface area contributed by atoms with E-state index >= 15 is 0 Å². The largest absolute Gasteiger partial charge is 0.381 e. The first-order valence-corrected chi connectivity index (χ1v) is 6.14. The van der Waals surface area contributed by atoms with Crippen LogP contribution in [0.2, 0.25) is 0 Å². The fourth-order valence-electron chi connectivity index (χ4n) is 2.31. The number of unbranched alkanes of at least 4 members (excludes halogenated alkanes) is 1. The van der Waals surface area contributed by atoms with Crippen LogP contribution in [0.3, 0.4) is 0 Å². The fourth-order valence-corrected chi connectivity index (χ4v) is 2.31. The van der Waals surface area contributed by atoms with Gasteiger partial charge in [0.05, 0.1) is 6.61 Å². The fraction of sp³-hybridized carbons (Fsp3) is 1.00. The molecule has 1 rings (SSSR count). The van der Waals surface area contributed by atoms with Crippen molar-refractivity contribution in [3.05, 3.63) is 0 Å². The summed E-state index contributed by atoms with van der Waals surface area (Å²) in [6.07, 6.45) is 3.65. The quantitative estimate of drug-likeness (QED) is 0.728. The van der Waals surface area contributed by atoms with Gasteiger partial charge in [0.1, 0.15) is 0 Å². The molecule has 1 heterocycles. The van der Waals surface area contributed by atoms with Crippen molar-refractivity contribution in [3.8, 4) is 0 Å². The molecule has 90 valence electrons. The van der Waals surface area contributed by atoms with Crippen molar-refractivity contribution in [2.24, 2.45) is 11.7 Å². The molecule has 1 aliphatic heterocycles. The van der Waals surface area contributed by atoms with Gasteiger partial charge in [0, 0.05) is 24.6 Å². The molecule has 2 unspecified atom stereocenters. The van der Waals surface area contributed by atoms with E-state index in [4.69, 9.17) is 10.5 Å². The lowest BCUT2D eigenvalue weighted by atomic mass is 9.83. The number of hydrogen-bond donors (Lipinski definition) is 1. The summed E-state index contributed by atoms with van der Waals surface area (Å²) in [4.78, 5) is 2.43. The summed E-state index contributed by atoms with van der Waals surface area (Å²) in [6, 6.07) is 0. The molecule has 0 radical (unpaired) electrons. The number of hydrogen-bond acceptors (Lipinski definition) is 3. The molecule has 0 aromatic heterocycles. The zero-order valence-corrected chi connectivity index (χ0v) is 10.5. The molecule has 0 bridgehead atoms. The Labute approximate surface area is 94.0 Å². The Kier molecular flexibility index (Phi) is 5.03. The van der Waals surface area contributed by atoms with Gasteiger partial charge in [0.15, 0.2) is 0 Å². The van der Waals surface area contributed by atoms with E-state index < -0.39 is 0 Å². The lowest BCUT2D eigenvalue weighted by Crippen LogP contribution is -2.55. The lowest BCUT2D eigenvalue weighted by Gasteiger charge is -2.42. The number of nitrogens with two attached hydrogens (primary N) is 1. The van der Waals surface area contributed by atoms with Crippen molar-refractivity contribution in [2.75, 3.05) is 33.4 Å². The molecule has 0 aromatic carbocycles. The Morgan fingerprint density at radius 3 is 2.73 bits per heavy atom. The first-order valence-electron chi connectivity index (χ1n) is 6.14. The maximum atomic E-state index is 5.96. The lowest BCUT2D eigenvalue weighted by molar-refractivity contribution is 0.0657. The Morgan fingerprint density at radius 2 is 2.27 bits per heavy atom. The van der Waals surface area contributed by atoms with Gasteiger partial charge < -0.3 is 10.5 Å². The van der Waals surface area contributed by atoms with E-state index in [9.17, 15) is 0 Å². The summed E-state index contributed by atoms with van der Waals surface area (Å²) < 4.78 is 5.48. The number of ether oxygens (including phenoxy) is 1. The van der Waals surface area contributed by atoms with Gasteiger partial charge >= 0.3 is 0 Å². The third kappa shape index (κ3) is 2.92. The molecule has 3 heteroatoms. The Balaban J connectivity index is 2.56. The van der Waals surface area contributed by atoms with Gasteiger partial charge in [-0.05, 0) is 33.4 Å². The van der Waals surface area contributed by atoms with Crippen LogP contribution in [0.25, 0.3) is 0 Å². The van der Waals surface area contributed by atoms with Crippen molar-refractivity contribution < 1.29 is 4.74 Å². The van der Waals surface area contributed by atoms with Crippen LogP contribution in [0.4, 0.5) is 0 Å². The molecule has 0 amide bonds. The summed E-state index contributed by atoms with van der Waals surface area (Å²) in [6.45, 7) is 8.16. The molecule has 1 aliphatic rings. The minimum atomic E-state index is 0.117. The first kappa shape index (κ1) is 12.9. The number of likely N-dealkylation sites (N-methyl/N-ethyl adjacent to an activating group) is 1. The third-order valence-corrected chi connectivity index (χ3v) is 3.94. The van der Waals surface area contributed by atoms with Crippen molar-refractivity contribution >= 4 is 0 Å². The van der Waals surface area contributed by atoms with Gasteiger partial charge in [0.25, 0.3) is 0 Å². The van der Waals surface area contributed by atoms with Gasteiger partial charge in [-0.25, -0.2) is 0 Å². The normalized spacial score (nSPS) is 25.8. The maximum absolute atomic E-state index is 5.96. The van der Waals surface area contributed by atoms with Crippen molar-refractivity contribution in [2.45, 2.75) is 38.6 Å². The standard InChI is InChI=1S/C12H26N2O/c1-4-5-7-14(3)12(2,10-13)11-6-8-15-9-11/h11H,4-10,13H2,1-3H3. The topological polar surface area (TPSA) is 38.5 Å². The second-order valence-electron chi connectivity index (χ2n) is 4.90. The highest BCUT2D eigenvalue weighted by Gasteiger charge is 2.38.